The van der Waals surface area contributed by atoms with E-state index in [0.717, 1.165) is 25.1 Å². The predicted molar refractivity (Wildman–Crippen MR) is 66.7 cm³/mol. The van der Waals surface area contributed by atoms with E-state index in [4.69, 9.17) is 10.5 Å². The second-order valence-electron chi connectivity index (χ2n) is 4.52. The van der Waals surface area contributed by atoms with Crippen molar-refractivity contribution < 1.29 is 4.74 Å². The summed E-state index contributed by atoms with van der Waals surface area (Å²) in [6.45, 7) is 0.748. The van der Waals surface area contributed by atoms with Gasteiger partial charge in [-0.05, 0) is 56.7 Å². The molecular formula is C14H21NO. The quantitative estimate of drug-likeness (QED) is 0.826. The molecule has 0 aliphatic heterocycles. The van der Waals surface area contributed by atoms with Gasteiger partial charge in [-0.3, -0.25) is 0 Å². The molecule has 1 aliphatic carbocycles. The first kappa shape index (κ1) is 11.5. The van der Waals surface area contributed by atoms with Gasteiger partial charge in [-0.1, -0.05) is 18.2 Å². The molecule has 0 heterocycles. The van der Waals surface area contributed by atoms with E-state index >= 15 is 0 Å². The Bertz CT molecular complexity index is 318. The minimum Gasteiger partial charge on any atom is -0.490 e. The maximum absolute atomic E-state index is 6.06. The van der Waals surface area contributed by atoms with Crippen LogP contribution in [0.4, 0.5) is 0 Å². The largest absolute Gasteiger partial charge is 0.490 e. The summed E-state index contributed by atoms with van der Waals surface area (Å²) in [6, 6.07) is 8.37. The minimum atomic E-state index is 0.444. The van der Waals surface area contributed by atoms with Gasteiger partial charge in [0, 0.05) is 0 Å². The third kappa shape index (κ3) is 2.99. The van der Waals surface area contributed by atoms with Crippen LogP contribution in [0.3, 0.4) is 0 Å². The number of hydrogen-bond acceptors (Lipinski definition) is 2. The Morgan fingerprint density at radius 3 is 2.69 bits per heavy atom. The zero-order valence-electron chi connectivity index (χ0n) is 9.82. The summed E-state index contributed by atoms with van der Waals surface area (Å²) in [5, 5.41) is 0. The highest BCUT2D eigenvalue weighted by Gasteiger charge is 2.17. The molecule has 2 rings (SSSR count). The smallest absolute Gasteiger partial charge is 0.122 e. The Morgan fingerprint density at radius 2 is 1.94 bits per heavy atom. The van der Waals surface area contributed by atoms with E-state index in [9.17, 15) is 0 Å². The molecule has 1 fully saturated rings. The maximum atomic E-state index is 6.06. The van der Waals surface area contributed by atoms with Crippen LogP contribution in [0.2, 0.25) is 0 Å². The Morgan fingerprint density at radius 1 is 1.19 bits per heavy atom. The highest BCUT2D eigenvalue weighted by Crippen LogP contribution is 2.27. The number of hydrogen-bond donors (Lipinski definition) is 1. The van der Waals surface area contributed by atoms with E-state index < -0.39 is 0 Å². The zero-order chi connectivity index (χ0) is 11.2. The van der Waals surface area contributed by atoms with Crippen LogP contribution in [-0.4, -0.2) is 12.6 Å². The van der Waals surface area contributed by atoms with Crippen molar-refractivity contribution in [3.63, 3.8) is 0 Å². The number of rotatable bonds is 5. The van der Waals surface area contributed by atoms with Gasteiger partial charge in [-0.25, -0.2) is 0 Å². The van der Waals surface area contributed by atoms with Crippen molar-refractivity contribution in [2.24, 2.45) is 5.73 Å². The second-order valence-corrected chi connectivity index (χ2v) is 4.52. The van der Waals surface area contributed by atoms with Crippen molar-refractivity contribution in [3.05, 3.63) is 29.8 Å². The number of ether oxygens (including phenoxy) is 1. The summed E-state index contributed by atoms with van der Waals surface area (Å²) in [7, 11) is 0. The molecule has 0 unspecified atom stereocenters. The van der Waals surface area contributed by atoms with Gasteiger partial charge < -0.3 is 10.5 Å². The molecule has 2 nitrogen and oxygen atoms in total. The van der Waals surface area contributed by atoms with E-state index in [0.29, 0.717) is 6.10 Å². The first-order valence-corrected chi connectivity index (χ1v) is 6.35. The minimum absolute atomic E-state index is 0.444. The highest BCUT2D eigenvalue weighted by atomic mass is 16.5. The number of nitrogens with two attached hydrogens (primary N) is 1. The molecule has 0 aromatic heterocycles. The van der Waals surface area contributed by atoms with Crippen LogP contribution in [0.5, 0.6) is 5.75 Å². The fourth-order valence-corrected chi connectivity index (χ4v) is 2.30. The summed E-state index contributed by atoms with van der Waals surface area (Å²) < 4.78 is 6.06. The first-order chi connectivity index (χ1) is 7.90. The van der Waals surface area contributed by atoms with Crippen molar-refractivity contribution in [2.45, 2.75) is 44.6 Å². The molecule has 88 valence electrons. The van der Waals surface area contributed by atoms with Crippen LogP contribution in [0.25, 0.3) is 0 Å². The highest BCUT2D eigenvalue weighted by molar-refractivity contribution is 5.33. The predicted octanol–water partition coefficient (Wildman–Crippen LogP) is 2.90. The molecule has 1 aromatic rings. The third-order valence-corrected chi connectivity index (χ3v) is 3.22. The van der Waals surface area contributed by atoms with Crippen molar-refractivity contribution in [2.75, 3.05) is 6.54 Å². The van der Waals surface area contributed by atoms with E-state index in [-0.39, 0.29) is 0 Å². The van der Waals surface area contributed by atoms with Gasteiger partial charge in [0.05, 0.1) is 6.10 Å². The molecule has 1 aromatic carbocycles. The zero-order valence-corrected chi connectivity index (χ0v) is 9.82. The lowest BCUT2D eigenvalue weighted by Gasteiger charge is -2.16. The van der Waals surface area contributed by atoms with Crippen LogP contribution in [0.1, 0.15) is 37.7 Å². The van der Waals surface area contributed by atoms with Crippen molar-refractivity contribution in [1.29, 1.82) is 0 Å². The normalized spacial score (nSPS) is 16.6. The molecule has 2 heteroatoms. The standard InChI is InChI=1S/C14H21NO/c15-11-5-7-12-6-1-4-10-14(12)16-13-8-2-3-9-13/h1,4,6,10,13H,2-3,5,7-9,11,15H2. The van der Waals surface area contributed by atoms with Gasteiger partial charge in [-0.2, -0.15) is 0 Å². The van der Waals surface area contributed by atoms with Crippen molar-refractivity contribution >= 4 is 0 Å². The van der Waals surface area contributed by atoms with E-state index in [1.807, 2.05) is 0 Å². The van der Waals surface area contributed by atoms with Gasteiger partial charge in [0.15, 0.2) is 0 Å². The van der Waals surface area contributed by atoms with Crippen LogP contribution in [-0.2, 0) is 6.42 Å². The van der Waals surface area contributed by atoms with Gasteiger partial charge in [0.1, 0.15) is 5.75 Å². The SMILES string of the molecule is NCCCc1ccccc1OC1CCCC1. The number of benzene rings is 1. The first-order valence-electron chi connectivity index (χ1n) is 6.35. The molecule has 16 heavy (non-hydrogen) atoms. The van der Waals surface area contributed by atoms with Crippen molar-refractivity contribution in [3.8, 4) is 5.75 Å². The van der Waals surface area contributed by atoms with Crippen LogP contribution in [0.15, 0.2) is 24.3 Å². The molecule has 0 amide bonds. The number of aryl methyl sites for hydroxylation is 1. The number of para-hydroxylation sites is 1. The second kappa shape index (κ2) is 5.90. The molecule has 0 atom stereocenters. The molecule has 0 saturated heterocycles. The summed E-state index contributed by atoms with van der Waals surface area (Å²) in [6.07, 6.45) is 7.56. The molecular weight excluding hydrogens is 198 g/mol. The average Bonchev–Trinajstić information content (AvgIpc) is 2.81. The van der Waals surface area contributed by atoms with E-state index in [1.165, 1.54) is 31.2 Å². The summed E-state index contributed by atoms with van der Waals surface area (Å²) in [5.41, 5.74) is 6.85. The van der Waals surface area contributed by atoms with Crippen LogP contribution < -0.4 is 10.5 Å². The van der Waals surface area contributed by atoms with Gasteiger partial charge in [-0.15, -0.1) is 0 Å². The van der Waals surface area contributed by atoms with Crippen LogP contribution in [0, 0.1) is 0 Å². The molecule has 1 aliphatic rings. The lowest BCUT2D eigenvalue weighted by Crippen LogP contribution is -2.12. The lowest BCUT2D eigenvalue weighted by molar-refractivity contribution is 0.208. The monoisotopic (exact) mass is 219 g/mol. The Kier molecular flexibility index (Phi) is 4.23. The lowest BCUT2D eigenvalue weighted by atomic mass is 10.1. The summed E-state index contributed by atoms with van der Waals surface area (Å²) in [5.74, 6) is 1.07. The fraction of sp³-hybridized carbons (Fsp3) is 0.571. The maximum Gasteiger partial charge on any atom is 0.122 e. The average molecular weight is 219 g/mol. The summed E-state index contributed by atoms with van der Waals surface area (Å²) in [4.78, 5) is 0. The Labute approximate surface area is 97.8 Å². The molecule has 0 bridgehead atoms. The molecule has 1 saturated carbocycles. The van der Waals surface area contributed by atoms with Crippen molar-refractivity contribution in [1.82, 2.24) is 0 Å². The third-order valence-electron chi connectivity index (χ3n) is 3.22. The molecule has 0 radical (unpaired) electrons. The summed E-state index contributed by atoms with van der Waals surface area (Å²) >= 11 is 0. The van der Waals surface area contributed by atoms with Gasteiger partial charge >= 0.3 is 0 Å². The molecule has 0 spiro atoms. The van der Waals surface area contributed by atoms with E-state index in [1.54, 1.807) is 0 Å². The Hall–Kier alpha value is -1.02. The molecule has 2 N–H and O–H groups in total. The topological polar surface area (TPSA) is 35.2 Å². The van der Waals surface area contributed by atoms with Crippen LogP contribution >= 0.6 is 0 Å². The van der Waals surface area contributed by atoms with Gasteiger partial charge in [0.2, 0.25) is 0 Å². The van der Waals surface area contributed by atoms with E-state index in [2.05, 4.69) is 24.3 Å². The Balaban J connectivity index is 2.00. The fourth-order valence-electron chi connectivity index (χ4n) is 2.30. The van der Waals surface area contributed by atoms with Gasteiger partial charge in [0.25, 0.3) is 0 Å².